The van der Waals surface area contributed by atoms with Crippen molar-refractivity contribution in [1.29, 1.82) is 5.41 Å². The van der Waals surface area contributed by atoms with E-state index < -0.39 is 0 Å². The van der Waals surface area contributed by atoms with Crippen LogP contribution in [0.25, 0.3) is 0 Å². The van der Waals surface area contributed by atoms with Crippen molar-refractivity contribution >= 4 is 18.4 Å². The Kier molecular flexibility index (Phi) is 7.12. The van der Waals surface area contributed by atoms with Crippen molar-refractivity contribution in [3.05, 3.63) is 0 Å². The molecule has 0 amide bonds. The number of halogens is 1. The third kappa shape index (κ3) is 5.39. The molecule has 0 atom stereocenters. The maximum atomic E-state index is 8.29. The van der Waals surface area contributed by atoms with Gasteiger partial charge >= 0.3 is 0 Å². The molecule has 4 nitrogen and oxygen atoms in total. The van der Waals surface area contributed by atoms with Gasteiger partial charge < -0.3 is 15.7 Å². The molecule has 9 heavy (non-hydrogen) atoms. The Morgan fingerprint density at radius 2 is 2.22 bits per heavy atom. The van der Waals surface area contributed by atoms with Crippen LogP contribution in [0.2, 0.25) is 0 Å². The minimum Gasteiger partial charge on any atom is -0.395 e. The number of nitrogens with two attached hydrogens (primary N) is 1. The van der Waals surface area contributed by atoms with Crippen LogP contribution >= 0.6 is 12.4 Å². The van der Waals surface area contributed by atoms with Gasteiger partial charge in [-0.2, -0.15) is 0 Å². The van der Waals surface area contributed by atoms with E-state index in [-0.39, 0.29) is 25.0 Å². The maximum Gasteiger partial charge on any atom is 0.188 e. The summed E-state index contributed by atoms with van der Waals surface area (Å²) in [6.07, 6.45) is 0. The molecule has 0 spiro atoms. The summed E-state index contributed by atoms with van der Waals surface area (Å²) in [5, 5.41) is 15.1. The Morgan fingerprint density at radius 3 is 2.33 bits per heavy atom. The third-order valence-electron chi connectivity index (χ3n) is 0.847. The minimum atomic E-state index is -0.0148. The molecule has 0 radical (unpaired) electrons. The summed E-state index contributed by atoms with van der Waals surface area (Å²) in [4.78, 5) is 1.46. The van der Waals surface area contributed by atoms with Gasteiger partial charge in [0.05, 0.1) is 6.61 Å². The minimum absolute atomic E-state index is 0. The molecular weight excluding hydrogens is 142 g/mol. The van der Waals surface area contributed by atoms with Crippen LogP contribution in [0.15, 0.2) is 0 Å². The molecule has 0 fully saturated rings. The van der Waals surface area contributed by atoms with Gasteiger partial charge in [0.15, 0.2) is 5.96 Å². The molecule has 0 aromatic rings. The predicted molar refractivity (Wildman–Crippen MR) is 38.9 cm³/mol. The van der Waals surface area contributed by atoms with E-state index in [2.05, 4.69) is 0 Å². The highest BCUT2D eigenvalue weighted by molar-refractivity contribution is 5.85. The molecule has 0 aromatic heterocycles. The van der Waals surface area contributed by atoms with Gasteiger partial charge in [-0.15, -0.1) is 12.4 Å². The number of hydrogen-bond acceptors (Lipinski definition) is 2. The molecule has 0 unspecified atom stereocenters. The standard InChI is InChI=1S/C4H11N3O.ClH/c1-7(2-3-8)4(5)6;/h8H,2-3H2,1H3,(H3,5,6);1H. The van der Waals surface area contributed by atoms with Crippen LogP contribution in [0.1, 0.15) is 0 Å². The lowest BCUT2D eigenvalue weighted by Gasteiger charge is -2.13. The third-order valence-corrected chi connectivity index (χ3v) is 0.847. The van der Waals surface area contributed by atoms with Crippen LogP contribution in [0.4, 0.5) is 0 Å². The summed E-state index contributed by atoms with van der Waals surface area (Å²) in [6, 6.07) is 0. The zero-order valence-electron chi connectivity index (χ0n) is 5.29. The SMILES string of the molecule is CN(CCO)C(=N)N.Cl. The highest BCUT2D eigenvalue weighted by atomic mass is 35.5. The lowest BCUT2D eigenvalue weighted by atomic mass is 10.6. The number of aliphatic hydroxyl groups excluding tert-OH is 1. The smallest absolute Gasteiger partial charge is 0.188 e. The van der Waals surface area contributed by atoms with E-state index in [1.807, 2.05) is 0 Å². The van der Waals surface area contributed by atoms with Crippen molar-refractivity contribution in [2.24, 2.45) is 5.73 Å². The number of hydrogen-bond donors (Lipinski definition) is 3. The number of likely N-dealkylation sites (N-methyl/N-ethyl adjacent to an activating group) is 1. The fourth-order valence-corrected chi connectivity index (χ4v) is 0.270. The first kappa shape index (κ1) is 11.3. The fraction of sp³-hybridized carbons (Fsp3) is 0.750. The molecule has 0 saturated heterocycles. The molecule has 56 valence electrons. The molecule has 0 rings (SSSR count). The largest absolute Gasteiger partial charge is 0.395 e. The fourth-order valence-electron chi connectivity index (χ4n) is 0.270. The van der Waals surface area contributed by atoms with E-state index in [1.165, 1.54) is 4.90 Å². The second-order valence-electron chi connectivity index (χ2n) is 1.53. The van der Waals surface area contributed by atoms with E-state index in [0.29, 0.717) is 6.54 Å². The maximum absolute atomic E-state index is 8.29. The topological polar surface area (TPSA) is 73.3 Å². The van der Waals surface area contributed by atoms with Gasteiger partial charge in [0.25, 0.3) is 0 Å². The first-order valence-electron chi connectivity index (χ1n) is 2.34. The highest BCUT2D eigenvalue weighted by Crippen LogP contribution is 1.74. The van der Waals surface area contributed by atoms with Crippen molar-refractivity contribution < 1.29 is 5.11 Å². The van der Waals surface area contributed by atoms with E-state index in [4.69, 9.17) is 16.2 Å². The normalized spacial score (nSPS) is 7.78. The first-order chi connectivity index (χ1) is 3.68. The van der Waals surface area contributed by atoms with Crippen LogP contribution in [-0.4, -0.2) is 36.2 Å². The Labute approximate surface area is 60.6 Å². The molecular formula is C4H12ClN3O. The summed E-state index contributed by atoms with van der Waals surface area (Å²) in [6.45, 7) is 0.464. The van der Waals surface area contributed by atoms with Gasteiger partial charge in [0.1, 0.15) is 0 Å². The summed E-state index contributed by atoms with van der Waals surface area (Å²) in [7, 11) is 1.65. The monoisotopic (exact) mass is 153 g/mol. The van der Waals surface area contributed by atoms with Crippen LogP contribution in [0.5, 0.6) is 0 Å². The number of aliphatic hydroxyl groups is 1. The lowest BCUT2D eigenvalue weighted by Crippen LogP contribution is -2.34. The molecule has 0 saturated carbocycles. The van der Waals surface area contributed by atoms with Crippen LogP contribution < -0.4 is 5.73 Å². The second-order valence-corrected chi connectivity index (χ2v) is 1.53. The molecule has 0 aliphatic rings. The number of guanidine groups is 1. The van der Waals surface area contributed by atoms with Crippen molar-refractivity contribution in [3.63, 3.8) is 0 Å². The van der Waals surface area contributed by atoms with Crippen LogP contribution in [0.3, 0.4) is 0 Å². The molecule has 0 aliphatic carbocycles. The van der Waals surface area contributed by atoms with Crippen LogP contribution in [-0.2, 0) is 0 Å². The highest BCUT2D eigenvalue weighted by Gasteiger charge is 1.94. The van der Waals surface area contributed by atoms with Gasteiger partial charge in [-0.1, -0.05) is 0 Å². The molecule has 5 heteroatoms. The quantitative estimate of drug-likeness (QED) is 0.360. The first-order valence-corrected chi connectivity index (χ1v) is 2.34. The Morgan fingerprint density at radius 1 is 1.78 bits per heavy atom. The number of nitrogens with zero attached hydrogens (tertiary/aromatic N) is 1. The second kappa shape index (κ2) is 5.65. The average Bonchev–Trinajstić information content (AvgIpc) is 1.67. The van der Waals surface area contributed by atoms with Crippen molar-refractivity contribution in [1.82, 2.24) is 4.90 Å². The lowest BCUT2D eigenvalue weighted by molar-refractivity contribution is 0.262. The zero-order valence-corrected chi connectivity index (χ0v) is 6.11. The summed E-state index contributed by atoms with van der Waals surface area (Å²) >= 11 is 0. The van der Waals surface area contributed by atoms with E-state index >= 15 is 0 Å². The van der Waals surface area contributed by atoms with Gasteiger partial charge in [-0.3, -0.25) is 5.41 Å². The molecule has 4 N–H and O–H groups in total. The molecule has 0 heterocycles. The number of nitrogens with one attached hydrogen (secondary N) is 1. The van der Waals surface area contributed by atoms with Gasteiger partial charge in [0, 0.05) is 13.6 Å². The van der Waals surface area contributed by atoms with Gasteiger partial charge in [0.2, 0.25) is 0 Å². The summed E-state index contributed by atoms with van der Waals surface area (Å²) in [5.41, 5.74) is 5.02. The van der Waals surface area contributed by atoms with Gasteiger partial charge in [-0.25, -0.2) is 0 Å². The zero-order chi connectivity index (χ0) is 6.57. The Bertz CT molecular complexity index is 87.9. The summed E-state index contributed by atoms with van der Waals surface area (Å²) in [5.74, 6) is -0.0148. The van der Waals surface area contributed by atoms with Crippen LogP contribution in [0, 0.1) is 5.41 Å². The summed E-state index contributed by atoms with van der Waals surface area (Å²) < 4.78 is 0. The van der Waals surface area contributed by atoms with Crippen molar-refractivity contribution in [3.8, 4) is 0 Å². The number of rotatable bonds is 2. The predicted octanol–water partition coefficient (Wildman–Crippen LogP) is -0.774. The van der Waals surface area contributed by atoms with E-state index in [9.17, 15) is 0 Å². The van der Waals surface area contributed by atoms with Crippen molar-refractivity contribution in [2.45, 2.75) is 0 Å². The van der Waals surface area contributed by atoms with E-state index in [0.717, 1.165) is 0 Å². The Hall–Kier alpha value is -0.480. The molecule has 0 aliphatic heterocycles. The molecule has 0 bridgehead atoms. The Balaban J connectivity index is 0. The van der Waals surface area contributed by atoms with E-state index in [1.54, 1.807) is 7.05 Å². The van der Waals surface area contributed by atoms with Gasteiger partial charge in [-0.05, 0) is 0 Å². The average molecular weight is 154 g/mol. The van der Waals surface area contributed by atoms with Crippen molar-refractivity contribution in [2.75, 3.05) is 20.2 Å². The molecule has 0 aromatic carbocycles.